The molecule has 162 valence electrons. The van der Waals surface area contributed by atoms with Crippen molar-refractivity contribution in [1.82, 2.24) is 19.4 Å². The van der Waals surface area contributed by atoms with Gasteiger partial charge < -0.3 is 9.47 Å². The molecule has 2 fully saturated rings. The number of aryl methyl sites for hydroxylation is 1. The number of amides is 1. The number of hydrogen-bond donors (Lipinski definition) is 0. The van der Waals surface area contributed by atoms with E-state index < -0.39 is 0 Å². The topological polar surface area (TPSA) is 41.4 Å². The summed E-state index contributed by atoms with van der Waals surface area (Å²) < 4.78 is 15.7. The molecule has 1 saturated heterocycles. The zero-order valence-electron chi connectivity index (χ0n) is 18.2. The van der Waals surface area contributed by atoms with Gasteiger partial charge in [0, 0.05) is 44.3 Å². The van der Waals surface area contributed by atoms with Crippen LogP contribution in [-0.2, 0) is 6.54 Å². The van der Waals surface area contributed by atoms with Gasteiger partial charge >= 0.3 is 0 Å². The highest BCUT2D eigenvalue weighted by Crippen LogP contribution is 2.29. The minimum Gasteiger partial charge on any atom is -0.337 e. The Bertz CT molecular complexity index is 1100. The maximum Gasteiger partial charge on any atom is 0.253 e. The average molecular weight is 421 g/mol. The first kappa shape index (κ1) is 20.2. The zero-order valence-corrected chi connectivity index (χ0v) is 18.2. The van der Waals surface area contributed by atoms with E-state index in [0.717, 1.165) is 48.0 Å². The van der Waals surface area contributed by atoms with E-state index >= 15 is 0 Å². The van der Waals surface area contributed by atoms with Crippen molar-refractivity contribution in [3.63, 3.8) is 0 Å². The number of carbonyl (C=O) groups is 1. The average Bonchev–Trinajstić information content (AvgIpc) is 3.31. The lowest BCUT2D eigenvalue weighted by molar-refractivity contribution is 0.0720. The highest BCUT2D eigenvalue weighted by molar-refractivity contribution is 5.94. The molecule has 2 aliphatic rings. The van der Waals surface area contributed by atoms with Crippen molar-refractivity contribution in [2.45, 2.75) is 51.2 Å². The molecule has 5 rings (SSSR count). The Balaban J connectivity index is 1.27. The highest BCUT2D eigenvalue weighted by Gasteiger charge is 2.34. The van der Waals surface area contributed by atoms with Crippen LogP contribution in [0, 0.1) is 12.7 Å². The van der Waals surface area contributed by atoms with Gasteiger partial charge in [0.25, 0.3) is 5.91 Å². The second-order valence-electron chi connectivity index (χ2n) is 9.01. The van der Waals surface area contributed by atoms with Crippen molar-refractivity contribution in [1.29, 1.82) is 0 Å². The second-order valence-corrected chi connectivity index (χ2v) is 9.01. The number of aromatic nitrogens is 2. The molecule has 1 aliphatic carbocycles. The fourth-order valence-electron chi connectivity index (χ4n) is 4.89. The summed E-state index contributed by atoms with van der Waals surface area (Å²) >= 11 is 0. The van der Waals surface area contributed by atoms with Gasteiger partial charge in [0.15, 0.2) is 0 Å². The number of likely N-dealkylation sites (tertiary alicyclic amines) is 1. The molecular formula is C25H29FN4O. The van der Waals surface area contributed by atoms with E-state index in [9.17, 15) is 9.18 Å². The van der Waals surface area contributed by atoms with Crippen LogP contribution < -0.4 is 0 Å². The first-order chi connectivity index (χ1) is 15.0. The molecule has 0 radical (unpaired) electrons. The molecule has 1 amide bonds. The van der Waals surface area contributed by atoms with Crippen LogP contribution in [0.25, 0.3) is 11.0 Å². The fourth-order valence-corrected chi connectivity index (χ4v) is 4.89. The summed E-state index contributed by atoms with van der Waals surface area (Å²) in [6.45, 7) is 4.62. The van der Waals surface area contributed by atoms with Crippen molar-refractivity contribution in [2.75, 3.05) is 20.1 Å². The summed E-state index contributed by atoms with van der Waals surface area (Å²) in [6, 6.07) is 13.5. The summed E-state index contributed by atoms with van der Waals surface area (Å²) in [6.07, 6.45) is 5.02. The van der Waals surface area contributed by atoms with Crippen LogP contribution in [0.15, 0.2) is 42.5 Å². The van der Waals surface area contributed by atoms with Crippen molar-refractivity contribution in [2.24, 2.45) is 0 Å². The van der Waals surface area contributed by atoms with Crippen LogP contribution in [0.3, 0.4) is 0 Å². The lowest BCUT2D eigenvalue weighted by Gasteiger charge is -2.35. The molecule has 3 aromatic rings. The first-order valence-corrected chi connectivity index (χ1v) is 11.2. The Morgan fingerprint density at radius 2 is 1.94 bits per heavy atom. The van der Waals surface area contributed by atoms with Crippen LogP contribution in [0.4, 0.5) is 4.39 Å². The molecular weight excluding hydrogens is 391 g/mol. The van der Waals surface area contributed by atoms with Gasteiger partial charge in [-0.1, -0.05) is 18.6 Å². The van der Waals surface area contributed by atoms with Crippen LogP contribution in [0.5, 0.6) is 0 Å². The maximum absolute atomic E-state index is 13.7. The molecule has 0 unspecified atom stereocenters. The SMILES string of the molecule is Cc1nc2ccc(F)cc2n1Cc1ccc(C(=O)N(C)[C@@H]2CCN(C3CCC3)C2)cc1. The van der Waals surface area contributed by atoms with E-state index in [0.29, 0.717) is 18.2 Å². The molecule has 1 saturated carbocycles. The number of likely N-dealkylation sites (N-methyl/N-ethyl adjacent to an activating group) is 1. The number of carbonyl (C=O) groups excluding carboxylic acids is 1. The molecule has 0 N–H and O–H groups in total. The number of hydrogen-bond acceptors (Lipinski definition) is 3. The van der Waals surface area contributed by atoms with Crippen LogP contribution in [0.1, 0.15) is 47.4 Å². The van der Waals surface area contributed by atoms with E-state index in [2.05, 4.69) is 9.88 Å². The number of fused-ring (bicyclic) bond motifs is 1. The van der Waals surface area contributed by atoms with Gasteiger partial charge in [-0.3, -0.25) is 9.69 Å². The van der Waals surface area contributed by atoms with Crippen molar-refractivity contribution < 1.29 is 9.18 Å². The molecule has 0 spiro atoms. The second kappa shape index (κ2) is 8.08. The van der Waals surface area contributed by atoms with Gasteiger partial charge in [-0.25, -0.2) is 9.37 Å². The normalized spacial score (nSPS) is 19.6. The van der Waals surface area contributed by atoms with E-state index in [1.165, 1.54) is 31.4 Å². The van der Waals surface area contributed by atoms with Gasteiger partial charge in [-0.15, -0.1) is 0 Å². The maximum atomic E-state index is 13.7. The molecule has 5 nitrogen and oxygen atoms in total. The number of benzene rings is 2. The van der Waals surface area contributed by atoms with Crippen LogP contribution in [-0.4, -0.2) is 57.5 Å². The third kappa shape index (κ3) is 3.85. The molecule has 1 atom stereocenters. The molecule has 6 heteroatoms. The summed E-state index contributed by atoms with van der Waals surface area (Å²) in [4.78, 5) is 22.0. The third-order valence-corrected chi connectivity index (χ3v) is 7.10. The molecule has 1 aromatic heterocycles. The summed E-state index contributed by atoms with van der Waals surface area (Å²) in [5.41, 5.74) is 3.35. The smallest absolute Gasteiger partial charge is 0.253 e. The summed E-state index contributed by atoms with van der Waals surface area (Å²) in [7, 11) is 1.93. The van der Waals surface area contributed by atoms with Gasteiger partial charge in [0.1, 0.15) is 11.6 Å². The number of rotatable bonds is 5. The highest BCUT2D eigenvalue weighted by atomic mass is 19.1. The Morgan fingerprint density at radius 3 is 2.65 bits per heavy atom. The van der Waals surface area contributed by atoms with Crippen molar-refractivity contribution >= 4 is 16.9 Å². The minimum atomic E-state index is -0.264. The zero-order chi connectivity index (χ0) is 21.5. The molecule has 31 heavy (non-hydrogen) atoms. The minimum absolute atomic E-state index is 0.0818. The monoisotopic (exact) mass is 420 g/mol. The first-order valence-electron chi connectivity index (χ1n) is 11.2. The molecule has 0 bridgehead atoms. The van der Waals surface area contributed by atoms with Crippen LogP contribution in [0.2, 0.25) is 0 Å². The van der Waals surface area contributed by atoms with E-state index in [4.69, 9.17) is 0 Å². The number of imidazole rings is 1. The van der Waals surface area contributed by atoms with E-state index in [1.54, 1.807) is 6.07 Å². The van der Waals surface area contributed by atoms with Gasteiger partial charge in [-0.2, -0.15) is 0 Å². The predicted octanol–water partition coefficient (Wildman–Crippen LogP) is 4.23. The van der Waals surface area contributed by atoms with Crippen molar-refractivity contribution in [3.8, 4) is 0 Å². The lowest BCUT2D eigenvalue weighted by atomic mass is 9.92. The van der Waals surface area contributed by atoms with E-state index in [-0.39, 0.29) is 11.7 Å². The largest absolute Gasteiger partial charge is 0.337 e. The summed E-state index contributed by atoms with van der Waals surface area (Å²) in [5.74, 6) is 0.663. The van der Waals surface area contributed by atoms with Gasteiger partial charge in [-0.05, 0) is 62.1 Å². The Hall–Kier alpha value is -2.73. The molecule has 1 aliphatic heterocycles. The van der Waals surface area contributed by atoms with Gasteiger partial charge in [0.2, 0.25) is 0 Å². The van der Waals surface area contributed by atoms with Crippen molar-refractivity contribution in [3.05, 3.63) is 65.2 Å². The fraction of sp³-hybridized carbons (Fsp3) is 0.440. The van der Waals surface area contributed by atoms with Crippen LogP contribution >= 0.6 is 0 Å². The van der Waals surface area contributed by atoms with Gasteiger partial charge in [0.05, 0.1) is 11.0 Å². The Morgan fingerprint density at radius 1 is 1.16 bits per heavy atom. The predicted molar refractivity (Wildman–Crippen MR) is 120 cm³/mol. The Kier molecular flexibility index (Phi) is 5.26. The van der Waals surface area contributed by atoms with E-state index in [1.807, 2.05) is 47.7 Å². The molecule has 2 aromatic carbocycles. The number of halogens is 1. The lowest BCUT2D eigenvalue weighted by Crippen LogP contribution is -2.43. The summed E-state index contributed by atoms with van der Waals surface area (Å²) in [5, 5.41) is 0. The quantitative estimate of drug-likeness (QED) is 0.620. The molecule has 2 heterocycles. The number of nitrogens with zero attached hydrogens (tertiary/aromatic N) is 4. The Labute approximate surface area is 182 Å². The standard InChI is InChI=1S/C25H29FN4O/c1-17-27-23-11-10-20(26)14-24(23)30(17)15-18-6-8-19(9-7-18)25(31)28(2)22-12-13-29(16-22)21-4-3-5-21/h6-11,14,21-22H,3-5,12-13,15-16H2,1-2H3/t22-/m1/s1. The third-order valence-electron chi connectivity index (χ3n) is 7.10.